The minimum absolute atomic E-state index is 1.10. The van der Waals surface area contributed by atoms with Crippen LogP contribution >= 0.6 is 15.9 Å². The van der Waals surface area contributed by atoms with Crippen molar-refractivity contribution < 1.29 is 0 Å². The standard InChI is InChI=1S/C14H17BrN2/c1-2-6-17-7-5-14-12(9-17)11-8-10(15)3-4-13(11)16-14/h3-4,8,16H,2,5-7,9H2,1H3. The van der Waals surface area contributed by atoms with Gasteiger partial charge in [0.25, 0.3) is 0 Å². The summed E-state index contributed by atoms with van der Waals surface area (Å²) in [6.07, 6.45) is 2.39. The van der Waals surface area contributed by atoms with Crippen LogP contribution in [0.25, 0.3) is 10.9 Å². The molecule has 0 fully saturated rings. The molecular weight excluding hydrogens is 276 g/mol. The van der Waals surface area contributed by atoms with Gasteiger partial charge in [0.1, 0.15) is 0 Å². The zero-order valence-corrected chi connectivity index (χ0v) is 11.7. The molecule has 1 aliphatic heterocycles. The molecule has 0 aliphatic carbocycles. The SMILES string of the molecule is CCCN1CCc2[nH]c3ccc(Br)cc3c2C1. The minimum atomic E-state index is 1.10. The van der Waals surface area contributed by atoms with Gasteiger partial charge in [-0.25, -0.2) is 0 Å². The van der Waals surface area contributed by atoms with Gasteiger partial charge in [-0.05, 0) is 36.7 Å². The first-order valence-electron chi connectivity index (χ1n) is 6.29. The molecule has 0 radical (unpaired) electrons. The number of aromatic amines is 1. The minimum Gasteiger partial charge on any atom is -0.358 e. The maximum atomic E-state index is 3.56. The first kappa shape index (κ1) is 11.3. The Kier molecular flexibility index (Phi) is 2.97. The van der Waals surface area contributed by atoms with Crippen LogP contribution in [-0.2, 0) is 13.0 Å². The van der Waals surface area contributed by atoms with Gasteiger partial charge in [-0.2, -0.15) is 0 Å². The number of nitrogens with zero attached hydrogens (tertiary/aromatic N) is 1. The third-order valence-electron chi connectivity index (χ3n) is 3.56. The Morgan fingerprint density at radius 1 is 1.41 bits per heavy atom. The summed E-state index contributed by atoms with van der Waals surface area (Å²) >= 11 is 3.56. The molecule has 0 unspecified atom stereocenters. The highest BCUT2D eigenvalue weighted by Crippen LogP contribution is 2.29. The third kappa shape index (κ3) is 2.02. The molecule has 1 aliphatic rings. The summed E-state index contributed by atoms with van der Waals surface area (Å²) in [5.74, 6) is 0. The molecule has 0 spiro atoms. The summed E-state index contributed by atoms with van der Waals surface area (Å²) in [5.41, 5.74) is 4.21. The Hall–Kier alpha value is -0.800. The summed E-state index contributed by atoms with van der Waals surface area (Å²) in [6.45, 7) is 5.75. The normalized spacial score (nSPS) is 16.4. The molecule has 2 nitrogen and oxygen atoms in total. The van der Waals surface area contributed by atoms with Gasteiger partial charge in [-0.3, -0.25) is 4.90 Å². The van der Waals surface area contributed by atoms with Crippen molar-refractivity contribution in [2.24, 2.45) is 0 Å². The number of halogens is 1. The molecule has 0 saturated heterocycles. The zero-order valence-electron chi connectivity index (χ0n) is 10.1. The highest BCUT2D eigenvalue weighted by Gasteiger charge is 2.19. The van der Waals surface area contributed by atoms with Crippen molar-refractivity contribution in [3.05, 3.63) is 33.9 Å². The molecular formula is C14H17BrN2. The highest BCUT2D eigenvalue weighted by atomic mass is 79.9. The maximum absolute atomic E-state index is 3.56. The first-order chi connectivity index (χ1) is 8.28. The van der Waals surface area contributed by atoms with Gasteiger partial charge < -0.3 is 4.98 Å². The van der Waals surface area contributed by atoms with Crippen molar-refractivity contribution in [1.29, 1.82) is 0 Å². The summed E-state index contributed by atoms with van der Waals surface area (Å²) in [7, 11) is 0. The number of H-pyrrole nitrogens is 1. The molecule has 2 heterocycles. The summed E-state index contributed by atoms with van der Waals surface area (Å²) in [5, 5.41) is 1.38. The fourth-order valence-corrected chi connectivity index (χ4v) is 3.11. The lowest BCUT2D eigenvalue weighted by Crippen LogP contribution is -2.30. The van der Waals surface area contributed by atoms with E-state index in [1.807, 2.05) is 0 Å². The number of aromatic nitrogens is 1. The molecule has 3 heteroatoms. The van der Waals surface area contributed by atoms with Crippen molar-refractivity contribution in [3.8, 4) is 0 Å². The second kappa shape index (κ2) is 4.46. The third-order valence-corrected chi connectivity index (χ3v) is 4.05. The van der Waals surface area contributed by atoms with E-state index in [0.717, 1.165) is 13.0 Å². The predicted octanol–water partition coefficient (Wildman–Crippen LogP) is 3.70. The zero-order chi connectivity index (χ0) is 11.8. The summed E-state index contributed by atoms with van der Waals surface area (Å²) in [6, 6.07) is 6.51. The van der Waals surface area contributed by atoms with E-state index in [1.165, 1.54) is 46.1 Å². The van der Waals surface area contributed by atoms with Crippen LogP contribution in [0.15, 0.2) is 22.7 Å². The van der Waals surface area contributed by atoms with Gasteiger partial charge >= 0.3 is 0 Å². The second-order valence-corrected chi connectivity index (χ2v) is 5.71. The van der Waals surface area contributed by atoms with Gasteiger partial charge in [0, 0.05) is 40.6 Å². The molecule has 3 rings (SSSR count). The molecule has 90 valence electrons. The molecule has 0 bridgehead atoms. The van der Waals surface area contributed by atoms with E-state index in [4.69, 9.17) is 0 Å². The van der Waals surface area contributed by atoms with E-state index in [9.17, 15) is 0 Å². The smallest absolute Gasteiger partial charge is 0.0460 e. The van der Waals surface area contributed by atoms with E-state index in [1.54, 1.807) is 0 Å². The lowest BCUT2D eigenvalue weighted by molar-refractivity contribution is 0.255. The van der Waals surface area contributed by atoms with Crippen molar-refractivity contribution in [2.75, 3.05) is 13.1 Å². The number of benzene rings is 1. The average molecular weight is 293 g/mol. The van der Waals surface area contributed by atoms with Gasteiger partial charge in [-0.1, -0.05) is 22.9 Å². The Bertz CT molecular complexity index is 544. The molecule has 1 aromatic carbocycles. The van der Waals surface area contributed by atoms with Crippen LogP contribution in [-0.4, -0.2) is 23.0 Å². The van der Waals surface area contributed by atoms with Crippen LogP contribution in [0.4, 0.5) is 0 Å². The van der Waals surface area contributed by atoms with Crippen LogP contribution < -0.4 is 0 Å². The number of hydrogen-bond acceptors (Lipinski definition) is 1. The first-order valence-corrected chi connectivity index (χ1v) is 7.08. The van der Waals surface area contributed by atoms with Crippen molar-refractivity contribution >= 4 is 26.8 Å². The highest BCUT2D eigenvalue weighted by molar-refractivity contribution is 9.10. The largest absolute Gasteiger partial charge is 0.358 e. The molecule has 1 N–H and O–H groups in total. The predicted molar refractivity (Wildman–Crippen MR) is 75.3 cm³/mol. The van der Waals surface area contributed by atoms with Gasteiger partial charge in [-0.15, -0.1) is 0 Å². The van der Waals surface area contributed by atoms with Crippen molar-refractivity contribution in [2.45, 2.75) is 26.3 Å². The molecule has 0 amide bonds. The van der Waals surface area contributed by atoms with E-state index < -0.39 is 0 Å². The number of nitrogens with one attached hydrogen (secondary N) is 1. The van der Waals surface area contributed by atoms with Crippen LogP contribution in [0, 0.1) is 0 Å². The van der Waals surface area contributed by atoms with Crippen LogP contribution in [0.3, 0.4) is 0 Å². The molecule has 17 heavy (non-hydrogen) atoms. The Labute approximate surface area is 110 Å². The molecule has 1 aromatic heterocycles. The molecule has 0 atom stereocenters. The van der Waals surface area contributed by atoms with E-state index in [0.29, 0.717) is 0 Å². The number of fused-ring (bicyclic) bond motifs is 3. The van der Waals surface area contributed by atoms with Gasteiger partial charge in [0.2, 0.25) is 0 Å². The van der Waals surface area contributed by atoms with Crippen LogP contribution in [0.2, 0.25) is 0 Å². The maximum Gasteiger partial charge on any atom is 0.0460 e. The van der Waals surface area contributed by atoms with Crippen molar-refractivity contribution in [1.82, 2.24) is 9.88 Å². The Morgan fingerprint density at radius 3 is 3.12 bits per heavy atom. The Balaban J connectivity index is 2.04. The molecule has 0 saturated carbocycles. The average Bonchev–Trinajstić information content (AvgIpc) is 2.67. The van der Waals surface area contributed by atoms with Gasteiger partial charge in [0.15, 0.2) is 0 Å². The van der Waals surface area contributed by atoms with Crippen molar-refractivity contribution in [3.63, 3.8) is 0 Å². The summed E-state index contributed by atoms with van der Waals surface area (Å²) < 4.78 is 1.17. The topological polar surface area (TPSA) is 19.0 Å². The molecule has 2 aromatic rings. The fraction of sp³-hybridized carbons (Fsp3) is 0.429. The quantitative estimate of drug-likeness (QED) is 0.894. The number of hydrogen-bond donors (Lipinski definition) is 1. The second-order valence-electron chi connectivity index (χ2n) is 4.80. The van der Waals surface area contributed by atoms with E-state index in [-0.39, 0.29) is 0 Å². The van der Waals surface area contributed by atoms with Crippen LogP contribution in [0.5, 0.6) is 0 Å². The lowest BCUT2D eigenvalue weighted by Gasteiger charge is -2.26. The summed E-state index contributed by atoms with van der Waals surface area (Å²) in [4.78, 5) is 6.11. The lowest BCUT2D eigenvalue weighted by atomic mass is 10.0. The fourth-order valence-electron chi connectivity index (χ4n) is 2.75. The van der Waals surface area contributed by atoms with Gasteiger partial charge in [0.05, 0.1) is 0 Å². The van der Waals surface area contributed by atoms with E-state index >= 15 is 0 Å². The number of rotatable bonds is 2. The monoisotopic (exact) mass is 292 g/mol. The Morgan fingerprint density at radius 2 is 2.29 bits per heavy atom. The van der Waals surface area contributed by atoms with Crippen LogP contribution in [0.1, 0.15) is 24.6 Å². The van der Waals surface area contributed by atoms with E-state index in [2.05, 4.69) is 50.9 Å².